The highest BCUT2D eigenvalue weighted by Gasteiger charge is 2.24. The third kappa shape index (κ3) is 2.93. The van der Waals surface area contributed by atoms with Gasteiger partial charge in [0.25, 0.3) is 0 Å². The van der Waals surface area contributed by atoms with E-state index >= 15 is 0 Å². The first-order chi connectivity index (χ1) is 6.83. The fourth-order valence-electron chi connectivity index (χ4n) is 1.14. The highest BCUT2D eigenvalue weighted by atomic mass is 32.1. The van der Waals surface area contributed by atoms with Gasteiger partial charge in [-0.25, -0.2) is 0 Å². The van der Waals surface area contributed by atoms with Crippen LogP contribution in [0.4, 0.5) is 0 Å². The van der Waals surface area contributed by atoms with Crippen molar-refractivity contribution in [1.29, 1.82) is 0 Å². The van der Waals surface area contributed by atoms with Crippen molar-refractivity contribution in [2.24, 2.45) is 5.73 Å². The van der Waals surface area contributed by atoms with Crippen molar-refractivity contribution in [3.63, 3.8) is 0 Å². The zero-order valence-corrected chi connectivity index (χ0v) is 10.4. The Bertz CT molecular complexity index is 385. The summed E-state index contributed by atoms with van der Waals surface area (Å²) in [5.41, 5.74) is 7.26. The van der Waals surface area contributed by atoms with Gasteiger partial charge in [-0.2, -0.15) is 0 Å². The van der Waals surface area contributed by atoms with Crippen molar-refractivity contribution in [2.45, 2.75) is 33.3 Å². The van der Waals surface area contributed by atoms with Crippen molar-refractivity contribution < 1.29 is 4.74 Å². The molecule has 0 aliphatic heterocycles. The van der Waals surface area contributed by atoms with E-state index in [9.17, 15) is 0 Å². The maximum atomic E-state index is 5.81. The SMILES string of the molecule is Cc1ccc(C)c(OC(C)(C)C(N)=S)c1. The quantitative estimate of drug-likeness (QED) is 0.800. The van der Waals surface area contributed by atoms with Crippen LogP contribution in [0.2, 0.25) is 0 Å². The molecule has 15 heavy (non-hydrogen) atoms. The molecule has 0 saturated carbocycles. The van der Waals surface area contributed by atoms with Crippen LogP contribution in [0.15, 0.2) is 18.2 Å². The molecule has 0 fully saturated rings. The molecule has 1 aromatic carbocycles. The topological polar surface area (TPSA) is 35.2 Å². The van der Waals surface area contributed by atoms with E-state index in [1.807, 2.05) is 39.8 Å². The molecule has 0 aromatic heterocycles. The lowest BCUT2D eigenvalue weighted by atomic mass is 10.1. The van der Waals surface area contributed by atoms with Crippen LogP contribution in [0.25, 0.3) is 0 Å². The largest absolute Gasteiger partial charge is 0.480 e. The molecule has 2 nitrogen and oxygen atoms in total. The molecule has 0 atom stereocenters. The molecular weight excluding hydrogens is 206 g/mol. The second-order valence-electron chi connectivity index (χ2n) is 4.25. The van der Waals surface area contributed by atoms with E-state index < -0.39 is 5.60 Å². The Morgan fingerprint density at radius 1 is 1.33 bits per heavy atom. The Morgan fingerprint density at radius 3 is 2.47 bits per heavy atom. The van der Waals surface area contributed by atoms with Gasteiger partial charge in [0.15, 0.2) is 5.60 Å². The average Bonchev–Trinajstić information content (AvgIpc) is 2.10. The summed E-state index contributed by atoms with van der Waals surface area (Å²) in [6.45, 7) is 7.78. The summed E-state index contributed by atoms with van der Waals surface area (Å²) in [4.78, 5) is 0.364. The lowest BCUT2D eigenvalue weighted by Crippen LogP contribution is -2.42. The van der Waals surface area contributed by atoms with E-state index in [4.69, 9.17) is 22.7 Å². The van der Waals surface area contributed by atoms with Crippen molar-refractivity contribution in [1.82, 2.24) is 0 Å². The molecule has 2 N–H and O–H groups in total. The first-order valence-electron chi connectivity index (χ1n) is 4.89. The van der Waals surface area contributed by atoms with Crippen LogP contribution >= 0.6 is 12.2 Å². The molecule has 0 heterocycles. The summed E-state index contributed by atoms with van der Waals surface area (Å²) in [5.74, 6) is 0.841. The minimum absolute atomic E-state index is 0.364. The summed E-state index contributed by atoms with van der Waals surface area (Å²) >= 11 is 4.96. The second-order valence-corrected chi connectivity index (χ2v) is 4.69. The maximum Gasteiger partial charge on any atom is 0.153 e. The van der Waals surface area contributed by atoms with E-state index in [-0.39, 0.29) is 0 Å². The summed E-state index contributed by atoms with van der Waals surface area (Å²) < 4.78 is 5.81. The molecule has 1 aromatic rings. The number of nitrogens with two attached hydrogens (primary N) is 1. The van der Waals surface area contributed by atoms with Gasteiger partial charge in [-0.15, -0.1) is 0 Å². The summed E-state index contributed by atoms with van der Waals surface area (Å²) in [5, 5.41) is 0. The van der Waals surface area contributed by atoms with Gasteiger partial charge in [0, 0.05) is 0 Å². The second kappa shape index (κ2) is 4.19. The summed E-state index contributed by atoms with van der Waals surface area (Å²) in [6.07, 6.45) is 0. The Balaban J connectivity index is 2.99. The Kier molecular flexibility index (Phi) is 3.35. The van der Waals surface area contributed by atoms with E-state index in [0.717, 1.165) is 16.9 Å². The first-order valence-corrected chi connectivity index (χ1v) is 5.30. The van der Waals surface area contributed by atoms with E-state index in [1.54, 1.807) is 0 Å². The molecule has 0 aliphatic carbocycles. The molecule has 82 valence electrons. The number of aryl methyl sites for hydroxylation is 2. The predicted octanol–water partition coefficient (Wildman–Crippen LogP) is 2.75. The van der Waals surface area contributed by atoms with Gasteiger partial charge >= 0.3 is 0 Å². The molecule has 0 unspecified atom stereocenters. The van der Waals surface area contributed by atoms with Gasteiger partial charge in [-0.1, -0.05) is 24.4 Å². The molecule has 0 radical (unpaired) electrons. The number of benzene rings is 1. The molecular formula is C12H17NOS. The third-order valence-corrected chi connectivity index (χ3v) is 2.79. The van der Waals surface area contributed by atoms with Gasteiger partial charge in [-0.3, -0.25) is 0 Å². The minimum Gasteiger partial charge on any atom is -0.480 e. The normalized spacial score (nSPS) is 11.2. The first kappa shape index (κ1) is 12.0. The van der Waals surface area contributed by atoms with E-state index in [2.05, 4.69) is 6.07 Å². The van der Waals surface area contributed by atoms with Gasteiger partial charge in [0.1, 0.15) is 10.7 Å². The zero-order chi connectivity index (χ0) is 11.6. The lowest BCUT2D eigenvalue weighted by molar-refractivity contribution is 0.182. The van der Waals surface area contributed by atoms with E-state index in [0.29, 0.717) is 4.99 Å². The smallest absolute Gasteiger partial charge is 0.153 e. The zero-order valence-electron chi connectivity index (χ0n) is 9.63. The van der Waals surface area contributed by atoms with Gasteiger partial charge in [0.2, 0.25) is 0 Å². The van der Waals surface area contributed by atoms with Crippen LogP contribution in [0, 0.1) is 13.8 Å². The van der Waals surface area contributed by atoms with Crippen LogP contribution in [0.1, 0.15) is 25.0 Å². The third-order valence-electron chi connectivity index (χ3n) is 2.30. The number of ether oxygens (including phenoxy) is 1. The Labute approximate surface area is 96.4 Å². The average molecular weight is 223 g/mol. The summed E-state index contributed by atoms with van der Waals surface area (Å²) in [7, 11) is 0. The number of hydrogen-bond acceptors (Lipinski definition) is 2. The van der Waals surface area contributed by atoms with Crippen LogP contribution in [0.3, 0.4) is 0 Å². The van der Waals surface area contributed by atoms with E-state index in [1.165, 1.54) is 0 Å². The van der Waals surface area contributed by atoms with Crippen molar-refractivity contribution in [3.8, 4) is 5.75 Å². The van der Waals surface area contributed by atoms with Crippen molar-refractivity contribution >= 4 is 17.2 Å². The molecule has 1 rings (SSSR count). The highest BCUT2D eigenvalue weighted by Crippen LogP contribution is 2.24. The maximum absolute atomic E-state index is 5.81. The highest BCUT2D eigenvalue weighted by molar-refractivity contribution is 7.80. The fraction of sp³-hybridized carbons (Fsp3) is 0.417. The standard InChI is InChI=1S/C12H17NOS/c1-8-5-6-9(2)10(7-8)14-12(3,4)11(13)15/h5-7H,1-4H3,(H2,13,15). The monoisotopic (exact) mass is 223 g/mol. The molecule has 0 saturated heterocycles. The molecule has 0 bridgehead atoms. The lowest BCUT2D eigenvalue weighted by Gasteiger charge is -2.26. The summed E-state index contributed by atoms with van der Waals surface area (Å²) in [6, 6.07) is 6.08. The van der Waals surface area contributed by atoms with Gasteiger partial charge in [0.05, 0.1) is 0 Å². The molecule has 0 spiro atoms. The number of rotatable bonds is 3. The minimum atomic E-state index is -0.603. The number of thiocarbonyl (C=S) groups is 1. The fourth-order valence-corrected chi connectivity index (χ4v) is 1.18. The number of hydrogen-bond donors (Lipinski definition) is 1. The van der Waals surface area contributed by atoms with Crippen LogP contribution in [-0.2, 0) is 0 Å². The van der Waals surface area contributed by atoms with Gasteiger partial charge < -0.3 is 10.5 Å². The Morgan fingerprint density at radius 2 is 1.93 bits per heavy atom. The molecule has 0 amide bonds. The van der Waals surface area contributed by atoms with Crippen LogP contribution < -0.4 is 10.5 Å². The van der Waals surface area contributed by atoms with Crippen molar-refractivity contribution in [2.75, 3.05) is 0 Å². The van der Waals surface area contributed by atoms with Gasteiger partial charge in [-0.05, 0) is 44.9 Å². The molecule has 3 heteroatoms. The molecule has 0 aliphatic rings. The van der Waals surface area contributed by atoms with Crippen LogP contribution in [-0.4, -0.2) is 10.6 Å². The Hall–Kier alpha value is -1.09. The predicted molar refractivity (Wildman–Crippen MR) is 67.4 cm³/mol. The van der Waals surface area contributed by atoms with Crippen molar-refractivity contribution in [3.05, 3.63) is 29.3 Å². The van der Waals surface area contributed by atoms with Crippen LogP contribution in [0.5, 0.6) is 5.75 Å².